The van der Waals surface area contributed by atoms with Gasteiger partial charge >= 0.3 is 0 Å². The summed E-state index contributed by atoms with van der Waals surface area (Å²) in [4.78, 5) is 11.6. The molecule has 0 heterocycles. The van der Waals surface area contributed by atoms with E-state index in [2.05, 4.69) is 5.32 Å². The maximum atomic E-state index is 11.6. The fourth-order valence-electron chi connectivity index (χ4n) is 1.46. The third-order valence-electron chi connectivity index (χ3n) is 2.44. The first-order chi connectivity index (χ1) is 8.24. The SMILES string of the molecule is COCCCCCNC(=O)c1ccc(O)cc1. The highest BCUT2D eigenvalue weighted by Gasteiger charge is 2.03. The molecule has 0 bridgehead atoms. The second kappa shape index (κ2) is 7.68. The van der Waals surface area contributed by atoms with Crippen molar-refractivity contribution in [3.8, 4) is 5.75 Å². The molecule has 4 nitrogen and oxygen atoms in total. The zero-order chi connectivity index (χ0) is 12.5. The number of unbranched alkanes of at least 4 members (excludes halogenated alkanes) is 2. The van der Waals surface area contributed by atoms with Gasteiger partial charge in [-0.25, -0.2) is 0 Å². The average molecular weight is 237 g/mol. The summed E-state index contributed by atoms with van der Waals surface area (Å²) >= 11 is 0. The smallest absolute Gasteiger partial charge is 0.251 e. The Bertz CT molecular complexity index is 335. The minimum absolute atomic E-state index is 0.100. The Kier molecular flexibility index (Phi) is 6.10. The number of hydrogen-bond acceptors (Lipinski definition) is 3. The lowest BCUT2D eigenvalue weighted by Crippen LogP contribution is -2.24. The van der Waals surface area contributed by atoms with Crippen LogP contribution in [0.2, 0.25) is 0 Å². The Morgan fingerprint density at radius 3 is 2.59 bits per heavy atom. The maximum absolute atomic E-state index is 11.6. The topological polar surface area (TPSA) is 58.6 Å². The number of nitrogens with one attached hydrogen (secondary N) is 1. The molecule has 1 amide bonds. The lowest BCUT2D eigenvalue weighted by Gasteiger charge is -2.05. The predicted molar refractivity (Wildman–Crippen MR) is 66.2 cm³/mol. The molecule has 2 N–H and O–H groups in total. The van der Waals surface area contributed by atoms with Gasteiger partial charge in [-0.3, -0.25) is 4.79 Å². The Hall–Kier alpha value is -1.55. The molecule has 0 fully saturated rings. The number of carbonyl (C=O) groups excluding carboxylic acids is 1. The van der Waals surface area contributed by atoms with Gasteiger partial charge in [-0.2, -0.15) is 0 Å². The Morgan fingerprint density at radius 2 is 1.94 bits per heavy atom. The van der Waals surface area contributed by atoms with Crippen molar-refractivity contribution < 1.29 is 14.6 Å². The Balaban J connectivity index is 2.19. The molecule has 4 heteroatoms. The van der Waals surface area contributed by atoms with Crippen LogP contribution in [0.15, 0.2) is 24.3 Å². The fraction of sp³-hybridized carbons (Fsp3) is 0.462. The summed E-state index contributed by atoms with van der Waals surface area (Å²) in [6, 6.07) is 6.23. The van der Waals surface area contributed by atoms with Crippen LogP contribution in [0.25, 0.3) is 0 Å². The van der Waals surface area contributed by atoms with E-state index < -0.39 is 0 Å². The molecule has 0 radical (unpaired) electrons. The van der Waals surface area contributed by atoms with Crippen LogP contribution in [-0.4, -0.2) is 31.3 Å². The van der Waals surface area contributed by atoms with E-state index in [0.29, 0.717) is 12.1 Å². The molecule has 0 saturated heterocycles. The standard InChI is InChI=1S/C13H19NO3/c1-17-10-4-2-3-9-14-13(16)11-5-7-12(15)8-6-11/h5-8,15H,2-4,9-10H2,1H3,(H,14,16). The molecule has 94 valence electrons. The molecule has 0 aliphatic rings. The summed E-state index contributed by atoms with van der Waals surface area (Å²) in [7, 11) is 1.69. The highest BCUT2D eigenvalue weighted by atomic mass is 16.5. The first-order valence-electron chi connectivity index (χ1n) is 5.80. The van der Waals surface area contributed by atoms with E-state index in [1.54, 1.807) is 19.2 Å². The molecule has 1 aromatic rings. The minimum atomic E-state index is -0.100. The first-order valence-corrected chi connectivity index (χ1v) is 5.80. The van der Waals surface area contributed by atoms with Gasteiger partial charge in [-0.1, -0.05) is 0 Å². The molecule has 1 aromatic carbocycles. The number of phenols is 1. The van der Waals surface area contributed by atoms with Crippen molar-refractivity contribution in [2.45, 2.75) is 19.3 Å². The van der Waals surface area contributed by atoms with E-state index in [-0.39, 0.29) is 11.7 Å². The van der Waals surface area contributed by atoms with E-state index in [0.717, 1.165) is 25.9 Å². The lowest BCUT2D eigenvalue weighted by atomic mass is 10.2. The fourth-order valence-corrected chi connectivity index (χ4v) is 1.46. The van der Waals surface area contributed by atoms with Crippen LogP contribution in [0.5, 0.6) is 5.75 Å². The van der Waals surface area contributed by atoms with Crippen LogP contribution in [0, 0.1) is 0 Å². The van der Waals surface area contributed by atoms with Crippen molar-refractivity contribution in [3.05, 3.63) is 29.8 Å². The summed E-state index contributed by atoms with van der Waals surface area (Å²) in [6.45, 7) is 1.44. The van der Waals surface area contributed by atoms with Gasteiger partial charge < -0.3 is 15.2 Å². The summed E-state index contributed by atoms with van der Waals surface area (Å²) in [5, 5.41) is 11.9. The number of aromatic hydroxyl groups is 1. The van der Waals surface area contributed by atoms with Crippen LogP contribution in [0.3, 0.4) is 0 Å². The van der Waals surface area contributed by atoms with Crippen molar-refractivity contribution in [1.29, 1.82) is 0 Å². The third kappa shape index (κ3) is 5.36. The highest BCUT2D eigenvalue weighted by Crippen LogP contribution is 2.09. The second-order valence-electron chi connectivity index (χ2n) is 3.86. The Labute approximate surface area is 102 Å². The highest BCUT2D eigenvalue weighted by molar-refractivity contribution is 5.94. The summed E-state index contributed by atoms with van der Waals surface area (Å²) < 4.78 is 4.94. The monoisotopic (exact) mass is 237 g/mol. The first kappa shape index (κ1) is 13.5. The molecular formula is C13H19NO3. The van der Waals surface area contributed by atoms with Crippen LogP contribution in [0.4, 0.5) is 0 Å². The second-order valence-corrected chi connectivity index (χ2v) is 3.86. The van der Waals surface area contributed by atoms with Gasteiger partial charge in [0.2, 0.25) is 0 Å². The van der Waals surface area contributed by atoms with E-state index in [4.69, 9.17) is 9.84 Å². The van der Waals surface area contributed by atoms with Gasteiger partial charge in [0.25, 0.3) is 5.91 Å². The van der Waals surface area contributed by atoms with E-state index in [1.165, 1.54) is 12.1 Å². The number of methoxy groups -OCH3 is 1. The molecule has 0 aliphatic heterocycles. The molecular weight excluding hydrogens is 218 g/mol. The van der Waals surface area contributed by atoms with E-state index in [1.807, 2.05) is 0 Å². The molecule has 0 atom stereocenters. The molecule has 17 heavy (non-hydrogen) atoms. The zero-order valence-corrected chi connectivity index (χ0v) is 10.1. The van der Waals surface area contributed by atoms with Crippen LogP contribution in [-0.2, 0) is 4.74 Å². The molecule has 0 spiro atoms. The summed E-state index contributed by atoms with van der Waals surface area (Å²) in [6.07, 6.45) is 3.02. The molecule has 0 aliphatic carbocycles. The zero-order valence-electron chi connectivity index (χ0n) is 10.1. The normalized spacial score (nSPS) is 10.2. The van der Waals surface area contributed by atoms with Gasteiger partial charge in [0.15, 0.2) is 0 Å². The number of amides is 1. The molecule has 0 unspecified atom stereocenters. The average Bonchev–Trinajstić information content (AvgIpc) is 2.34. The van der Waals surface area contributed by atoms with E-state index in [9.17, 15) is 4.79 Å². The third-order valence-corrected chi connectivity index (χ3v) is 2.44. The van der Waals surface area contributed by atoms with Crippen molar-refractivity contribution in [3.63, 3.8) is 0 Å². The van der Waals surface area contributed by atoms with Gasteiger partial charge in [-0.15, -0.1) is 0 Å². The van der Waals surface area contributed by atoms with Gasteiger partial charge in [-0.05, 0) is 43.5 Å². The molecule has 1 rings (SSSR count). The number of hydrogen-bond donors (Lipinski definition) is 2. The number of rotatable bonds is 7. The number of carbonyl (C=O) groups is 1. The van der Waals surface area contributed by atoms with Crippen molar-refractivity contribution in [2.75, 3.05) is 20.3 Å². The minimum Gasteiger partial charge on any atom is -0.508 e. The number of benzene rings is 1. The largest absolute Gasteiger partial charge is 0.508 e. The molecule has 0 saturated carbocycles. The quantitative estimate of drug-likeness (QED) is 0.712. The molecule has 0 aromatic heterocycles. The Morgan fingerprint density at radius 1 is 1.24 bits per heavy atom. The number of ether oxygens (including phenoxy) is 1. The van der Waals surface area contributed by atoms with Crippen molar-refractivity contribution in [1.82, 2.24) is 5.32 Å². The van der Waals surface area contributed by atoms with E-state index >= 15 is 0 Å². The number of phenolic OH excluding ortho intramolecular Hbond substituents is 1. The lowest BCUT2D eigenvalue weighted by molar-refractivity contribution is 0.0952. The van der Waals surface area contributed by atoms with Crippen LogP contribution in [0.1, 0.15) is 29.6 Å². The van der Waals surface area contributed by atoms with Crippen molar-refractivity contribution >= 4 is 5.91 Å². The maximum Gasteiger partial charge on any atom is 0.251 e. The van der Waals surface area contributed by atoms with Crippen molar-refractivity contribution in [2.24, 2.45) is 0 Å². The van der Waals surface area contributed by atoms with Crippen LogP contribution < -0.4 is 5.32 Å². The predicted octanol–water partition coefficient (Wildman–Crippen LogP) is 1.94. The van der Waals surface area contributed by atoms with Gasteiger partial charge in [0.05, 0.1) is 0 Å². The van der Waals surface area contributed by atoms with Gasteiger partial charge in [0, 0.05) is 25.8 Å². The summed E-state index contributed by atoms with van der Waals surface area (Å²) in [5.41, 5.74) is 0.569. The summed E-state index contributed by atoms with van der Waals surface area (Å²) in [5.74, 6) is 0.0675. The van der Waals surface area contributed by atoms with Gasteiger partial charge in [0.1, 0.15) is 5.75 Å². The van der Waals surface area contributed by atoms with Crippen LogP contribution >= 0.6 is 0 Å².